The van der Waals surface area contributed by atoms with E-state index in [0.29, 0.717) is 34.0 Å². The molecule has 0 N–H and O–H groups in total. The highest BCUT2D eigenvalue weighted by Crippen LogP contribution is 2.34. The van der Waals surface area contributed by atoms with Gasteiger partial charge in [0.2, 0.25) is 5.89 Å². The van der Waals surface area contributed by atoms with E-state index in [4.69, 9.17) is 16.0 Å². The summed E-state index contributed by atoms with van der Waals surface area (Å²) in [6.45, 7) is 6.19. The number of amides is 2. The lowest BCUT2D eigenvalue weighted by Gasteiger charge is -2.20. The fourth-order valence-electron chi connectivity index (χ4n) is 4.06. The van der Waals surface area contributed by atoms with E-state index in [1.54, 1.807) is 31.2 Å². The van der Waals surface area contributed by atoms with Crippen LogP contribution >= 0.6 is 11.6 Å². The molecule has 2 aliphatic heterocycles. The maximum absolute atomic E-state index is 13.2. The van der Waals surface area contributed by atoms with Gasteiger partial charge in [-0.1, -0.05) is 42.8 Å². The lowest BCUT2D eigenvalue weighted by molar-refractivity contribution is -0.123. The third kappa shape index (κ3) is 3.70. The Bertz CT molecular complexity index is 1250. The van der Waals surface area contributed by atoms with Gasteiger partial charge in [-0.3, -0.25) is 14.6 Å². The van der Waals surface area contributed by atoms with Crippen LogP contribution < -0.4 is 4.90 Å². The molecule has 3 aromatic rings. The second-order valence-electron chi connectivity index (χ2n) is 8.48. The first-order valence-corrected chi connectivity index (χ1v) is 11.1. The van der Waals surface area contributed by atoms with Crippen LogP contribution in [0.4, 0.5) is 5.69 Å². The molecule has 33 heavy (non-hydrogen) atoms. The molecule has 2 aromatic carbocycles. The monoisotopic (exact) mass is 463 g/mol. The van der Waals surface area contributed by atoms with E-state index < -0.39 is 12.1 Å². The van der Waals surface area contributed by atoms with Crippen molar-refractivity contribution in [2.45, 2.75) is 45.3 Å². The number of rotatable bonds is 5. The fourth-order valence-corrected chi connectivity index (χ4v) is 4.19. The molecule has 0 radical (unpaired) electrons. The third-order valence-electron chi connectivity index (χ3n) is 5.97. The van der Waals surface area contributed by atoms with Gasteiger partial charge in [0.1, 0.15) is 11.5 Å². The summed E-state index contributed by atoms with van der Waals surface area (Å²) >= 11 is 5.96. The number of nitrogens with zero attached hydrogens (tertiary/aromatic N) is 5. The number of hydrogen-bond acceptors (Lipinski definition) is 7. The number of hydrogen-bond donors (Lipinski definition) is 0. The fraction of sp³-hybridized carbons (Fsp3) is 0.292. The smallest absolute Gasteiger partial charge is 0.263 e. The standard InChI is InChI=1S/C24H22ClN5O3/c1-13(2)15-6-10-18(11-7-15)30-23(31)20-21(24(30)32)29(28-27-20)12-19-14(3)33-22(26-19)16-4-8-17(25)9-5-16/h4-11,13,20-21H,12H2,1-3H3/t20-,21+/m0/s1. The van der Waals surface area contributed by atoms with Crippen LogP contribution in [0.25, 0.3) is 11.5 Å². The number of oxazole rings is 1. The minimum atomic E-state index is -0.856. The number of carbonyl (C=O) groups is 2. The second-order valence-corrected chi connectivity index (χ2v) is 8.92. The van der Waals surface area contributed by atoms with E-state index in [1.165, 1.54) is 9.91 Å². The highest BCUT2D eigenvalue weighted by Gasteiger charge is 2.54. The van der Waals surface area contributed by atoms with Crippen LogP contribution in [0, 0.1) is 6.92 Å². The van der Waals surface area contributed by atoms with Gasteiger partial charge in [-0.15, -0.1) is 0 Å². The molecule has 2 atom stereocenters. The highest BCUT2D eigenvalue weighted by molar-refractivity contribution is 6.30. The van der Waals surface area contributed by atoms with Gasteiger partial charge in [-0.25, -0.2) is 9.88 Å². The Morgan fingerprint density at radius 1 is 1.03 bits per heavy atom. The molecule has 168 valence electrons. The average molecular weight is 464 g/mol. The molecular weight excluding hydrogens is 442 g/mol. The SMILES string of the molecule is Cc1oc(-c2ccc(Cl)cc2)nc1CN1N=N[C@@H]2C(=O)N(c3ccc(C(C)C)cc3)C(=O)[C@@H]21. The van der Waals surface area contributed by atoms with E-state index in [9.17, 15) is 9.59 Å². The predicted octanol–water partition coefficient (Wildman–Crippen LogP) is 4.92. The number of imide groups is 1. The summed E-state index contributed by atoms with van der Waals surface area (Å²) in [7, 11) is 0. The van der Waals surface area contributed by atoms with Crippen LogP contribution in [0.15, 0.2) is 63.3 Å². The molecule has 0 bridgehead atoms. The molecule has 1 fully saturated rings. The number of halogens is 1. The third-order valence-corrected chi connectivity index (χ3v) is 6.22. The molecule has 0 unspecified atom stereocenters. The van der Waals surface area contributed by atoms with E-state index in [-0.39, 0.29) is 18.4 Å². The summed E-state index contributed by atoms with van der Waals surface area (Å²) in [5, 5.41) is 10.3. The van der Waals surface area contributed by atoms with E-state index in [0.717, 1.165) is 11.1 Å². The molecule has 2 aliphatic rings. The second kappa shape index (κ2) is 8.12. The molecule has 0 aliphatic carbocycles. The summed E-state index contributed by atoms with van der Waals surface area (Å²) in [5.74, 6) is 0.707. The van der Waals surface area contributed by atoms with E-state index >= 15 is 0 Å². The quantitative estimate of drug-likeness (QED) is 0.501. The van der Waals surface area contributed by atoms with Crippen molar-refractivity contribution in [1.82, 2.24) is 9.99 Å². The van der Waals surface area contributed by atoms with Crippen molar-refractivity contribution in [2.75, 3.05) is 4.90 Å². The number of anilines is 1. The summed E-state index contributed by atoms with van der Waals surface area (Å²) in [5.41, 5.74) is 3.09. The Morgan fingerprint density at radius 2 is 1.73 bits per heavy atom. The molecule has 0 spiro atoms. The lowest BCUT2D eigenvalue weighted by atomic mass is 10.0. The van der Waals surface area contributed by atoms with Crippen molar-refractivity contribution in [3.8, 4) is 11.5 Å². The zero-order chi connectivity index (χ0) is 23.3. The van der Waals surface area contributed by atoms with Gasteiger partial charge >= 0.3 is 0 Å². The largest absolute Gasteiger partial charge is 0.441 e. The van der Waals surface area contributed by atoms with Crippen molar-refractivity contribution >= 4 is 29.1 Å². The van der Waals surface area contributed by atoms with Crippen molar-refractivity contribution in [2.24, 2.45) is 10.3 Å². The Hall–Kier alpha value is -3.52. The summed E-state index contributed by atoms with van der Waals surface area (Å²) in [6, 6.07) is 13.0. The van der Waals surface area contributed by atoms with Crippen LogP contribution in [-0.2, 0) is 16.1 Å². The topological polar surface area (TPSA) is 91.4 Å². The maximum atomic E-state index is 13.2. The first-order valence-electron chi connectivity index (χ1n) is 10.7. The van der Waals surface area contributed by atoms with Crippen molar-refractivity contribution in [1.29, 1.82) is 0 Å². The molecule has 8 nitrogen and oxygen atoms in total. The van der Waals surface area contributed by atoms with Crippen LogP contribution in [0.3, 0.4) is 0 Å². The highest BCUT2D eigenvalue weighted by atomic mass is 35.5. The number of aromatic nitrogens is 1. The molecule has 0 saturated carbocycles. The Balaban J connectivity index is 1.37. The molecule has 1 saturated heterocycles. The average Bonchev–Trinajstić information content (AvgIpc) is 3.45. The van der Waals surface area contributed by atoms with Gasteiger partial charge in [0, 0.05) is 10.6 Å². The van der Waals surface area contributed by atoms with Crippen LogP contribution in [0.2, 0.25) is 5.02 Å². The molecule has 1 aromatic heterocycles. The number of benzene rings is 2. The van der Waals surface area contributed by atoms with Crippen molar-refractivity contribution in [3.63, 3.8) is 0 Å². The summed E-state index contributed by atoms with van der Waals surface area (Å²) < 4.78 is 5.82. The predicted molar refractivity (Wildman–Crippen MR) is 123 cm³/mol. The minimum Gasteiger partial charge on any atom is -0.441 e. The van der Waals surface area contributed by atoms with Crippen molar-refractivity contribution < 1.29 is 14.0 Å². The van der Waals surface area contributed by atoms with Gasteiger partial charge in [-0.05, 0) is 54.8 Å². The number of carbonyl (C=O) groups excluding carboxylic acids is 2. The summed E-state index contributed by atoms with van der Waals surface area (Å²) in [6.07, 6.45) is 0. The maximum Gasteiger partial charge on any atom is 0.263 e. The first-order chi connectivity index (χ1) is 15.8. The zero-order valence-electron chi connectivity index (χ0n) is 18.4. The summed E-state index contributed by atoms with van der Waals surface area (Å²) in [4.78, 5) is 32.0. The Kier molecular flexibility index (Phi) is 5.25. The van der Waals surface area contributed by atoms with Crippen LogP contribution in [-0.4, -0.2) is 33.9 Å². The molecule has 9 heteroatoms. The van der Waals surface area contributed by atoms with Crippen LogP contribution in [0.1, 0.15) is 36.8 Å². The molecular formula is C24H22ClN5O3. The number of fused-ring (bicyclic) bond motifs is 1. The Morgan fingerprint density at radius 3 is 2.39 bits per heavy atom. The normalized spacial score (nSPS) is 19.8. The molecule has 3 heterocycles. The van der Waals surface area contributed by atoms with Gasteiger partial charge < -0.3 is 4.42 Å². The van der Waals surface area contributed by atoms with Crippen LogP contribution in [0.5, 0.6) is 0 Å². The van der Waals surface area contributed by atoms with Crippen molar-refractivity contribution in [3.05, 3.63) is 70.6 Å². The zero-order valence-corrected chi connectivity index (χ0v) is 19.2. The lowest BCUT2D eigenvalue weighted by Crippen LogP contribution is -2.39. The Labute approximate surface area is 195 Å². The first kappa shape index (κ1) is 21.3. The van der Waals surface area contributed by atoms with Gasteiger partial charge in [0.05, 0.1) is 12.2 Å². The van der Waals surface area contributed by atoms with Gasteiger partial charge in [0.25, 0.3) is 11.8 Å². The van der Waals surface area contributed by atoms with Gasteiger partial charge in [-0.2, -0.15) is 5.11 Å². The minimum absolute atomic E-state index is 0.201. The van der Waals surface area contributed by atoms with E-state index in [2.05, 4.69) is 29.2 Å². The van der Waals surface area contributed by atoms with E-state index in [1.807, 2.05) is 24.3 Å². The molecule has 5 rings (SSSR count). The van der Waals surface area contributed by atoms with Gasteiger partial charge in [0.15, 0.2) is 12.1 Å². The molecule has 2 amide bonds. The number of aryl methyl sites for hydroxylation is 1.